The second-order valence-electron chi connectivity index (χ2n) is 4.05. The number of carbonyl (C=O) groups is 1. The van der Waals surface area contributed by atoms with E-state index in [9.17, 15) is 4.79 Å². The Balaban J connectivity index is 2.71. The van der Waals surface area contributed by atoms with Gasteiger partial charge in [-0.1, -0.05) is 13.8 Å². The van der Waals surface area contributed by atoms with Gasteiger partial charge in [0.1, 0.15) is 0 Å². The Bertz CT molecular complexity index is 359. The Morgan fingerprint density at radius 1 is 1.62 bits per heavy atom. The molecule has 1 rings (SSSR count). The summed E-state index contributed by atoms with van der Waals surface area (Å²) >= 11 is 10.7. The van der Waals surface area contributed by atoms with Gasteiger partial charge in [-0.25, -0.2) is 0 Å². The van der Waals surface area contributed by atoms with Crippen molar-refractivity contribution < 1.29 is 4.79 Å². The maximum absolute atomic E-state index is 11.9. The molecule has 0 aromatic carbocycles. The zero-order valence-corrected chi connectivity index (χ0v) is 12.7. The summed E-state index contributed by atoms with van der Waals surface area (Å²) in [6.07, 6.45) is 0. The predicted molar refractivity (Wildman–Crippen MR) is 73.6 cm³/mol. The molecule has 0 aliphatic rings. The van der Waals surface area contributed by atoms with E-state index in [-0.39, 0.29) is 11.9 Å². The number of hydrogen-bond acceptors (Lipinski definition) is 2. The second-order valence-corrected chi connectivity index (χ2v) is 6.72. The molecule has 90 valence electrons. The summed E-state index contributed by atoms with van der Waals surface area (Å²) in [4.78, 5) is 12.6. The van der Waals surface area contributed by atoms with E-state index in [1.807, 2.05) is 26.8 Å². The van der Waals surface area contributed by atoms with Gasteiger partial charge in [0.15, 0.2) is 0 Å². The highest BCUT2D eigenvalue weighted by molar-refractivity contribution is 9.11. The van der Waals surface area contributed by atoms with Crippen LogP contribution < -0.4 is 5.32 Å². The normalized spacial score (nSPS) is 12.9. The van der Waals surface area contributed by atoms with Crippen molar-refractivity contribution in [3.63, 3.8) is 0 Å². The zero-order valence-electron chi connectivity index (χ0n) is 9.51. The number of alkyl halides is 1. The van der Waals surface area contributed by atoms with E-state index in [1.165, 1.54) is 11.3 Å². The number of aryl methyl sites for hydroxylation is 1. The Morgan fingerprint density at radius 3 is 2.62 bits per heavy atom. The molecule has 1 amide bonds. The number of hydrogen-bond donors (Lipinski definition) is 1. The van der Waals surface area contributed by atoms with Crippen LogP contribution in [-0.4, -0.2) is 17.8 Å². The molecule has 1 heterocycles. The van der Waals surface area contributed by atoms with Crippen LogP contribution in [0.1, 0.15) is 29.1 Å². The highest BCUT2D eigenvalue weighted by Crippen LogP contribution is 2.27. The summed E-state index contributed by atoms with van der Waals surface area (Å²) in [5.41, 5.74) is 1.09. The van der Waals surface area contributed by atoms with Crippen LogP contribution in [0.2, 0.25) is 0 Å². The first kappa shape index (κ1) is 14.0. The smallest absolute Gasteiger partial charge is 0.261 e. The van der Waals surface area contributed by atoms with Crippen molar-refractivity contribution >= 4 is 44.8 Å². The third-order valence-corrected chi connectivity index (χ3v) is 4.84. The molecule has 0 spiro atoms. The standard InChI is InChI=1S/C11H15BrClNOS/c1-6(2)8(5-13)14-11(15)9-4-7(3)10(12)16-9/h4,6,8H,5H2,1-3H3,(H,14,15). The van der Waals surface area contributed by atoms with E-state index in [4.69, 9.17) is 11.6 Å². The molecule has 1 aromatic heterocycles. The Hall–Kier alpha value is -0.0600. The van der Waals surface area contributed by atoms with Gasteiger partial charge < -0.3 is 5.32 Å². The minimum absolute atomic E-state index is 0.0235. The van der Waals surface area contributed by atoms with Gasteiger partial charge in [0.05, 0.1) is 8.66 Å². The molecule has 0 aliphatic heterocycles. The molecule has 0 fully saturated rings. The van der Waals surface area contributed by atoms with Gasteiger partial charge in [-0.05, 0) is 40.4 Å². The first-order chi connectivity index (χ1) is 7.45. The summed E-state index contributed by atoms with van der Waals surface area (Å²) in [6.45, 7) is 6.06. The zero-order chi connectivity index (χ0) is 12.3. The fourth-order valence-electron chi connectivity index (χ4n) is 1.19. The fraction of sp³-hybridized carbons (Fsp3) is 0.545. The van der Waals surface area contributed by atoms with Gasteiger partial charge >= 0.3 is 0 Å². The summed E-state index contributed by atoms with van der Waals surface area (Å²) in [7, 11) is 0. The van der Waals surface area contributed by atoms with E-state index < -0.39 is 0 Å². The molecule has 0 saturated heterocycles. The van der Waals surface area contributed by atoms with Crippen LogP contribution >= 0.6 is 38.9 Å². The van der Waals surface area contributed by atoms with Crippen molar-refractivity contribution in [2.75, 3.05) is 5.88 Å². The van der Waals surface area contributed by atoms with E-state index in [0.717, 1.165) is 14.2 Å². The maximum Gasteiger partial charge on any atom is 0.261 e. The molecule has 2 nitrogen and oxygen atoms in total. The molecule has 5 heteroatoms. The molecule has 1 atom stereocenters. The largest absolute Gasteiger partial charge is 0.347 e. The highest BCUT2D eigenvalue weighted by Gasteiger charge is 2.17. The van der Waals surface area contributed by atoms with Crippen molar-refractivity contribution in [3.8, 4) is 0 Å². The predicted octanol–water partition coefficient (Wildman–Crippen LogP) is 3.81. The molecule has 16 heavy (non-hydrogen) atoms. The van der Waals surface area contributed by atoms with Crippen molar-refractivity contribution in [3.05, 3.63) is 20.3 Å². The van der Waals surface area contributed by atoms with Crippen LogP contribution in [0.4, 0.5) is 0 Å². The van der Waals surface area contributed by atoms with Crippen LogP contribution in [0.5, 0.6) is 0 Å². The highest BCUT2D eigenvalue weighted by atomic mass is 79.9. The lowest BCUT2D eigenvalue weighted by Crippen LogP contribution is -2.39. The van der Waals surface area contributed by atoms with Crippen molar-refractivity contribution in [1.82, 2.24) is 5.32 Å². The Morgan fingerprint density at radius 2 is 2.25 bits per heavy atom. The van der Waals surface area contributed by atoms with E-state index in [0.29, 0.717) is 11.8 Å². The third kappa shape index (κ3) is 3.47. The second kappa shape index (κ2) is 6.03. The molecular weight excluding hydrogens is 310 g/mol. The van der Waals surface area contributed by atoms with E-state index >= 15 is 0 Å². The lowest BCUT2D eigenvalue weighted by atomic mass is 10.1. The van der Waals surface area contributed by atoms with Crippen LogP contribution in [0.15, 0.2) is 9.85 Å². The third-order valence-electron chi connectivity index (χ3n) is 2.37. The Kier molecular flexibility index (Phi) is 5.28. The number of rotatable bonds is 4. The van der Waals surface area contributed by atoms with E-state index in [1.54, 1.807) is 0 Å². The fourth-order valence-corrected chi connectivity index (χ4v) is 3.07. The average molecular weight is 325 g/mol. The molecule has 0 radical (unpaired) electrons. The maximum atomic E-state index is 11.9. The van der Waals surface area contributed by atoms with Gasteiger partial charge in [0.25, 0.3) is 5.91 Å². The average Bonchev–Trinajstić information content (AvgIpc) is 2.55. The van der Waals surface area contributed by atoms with Crippen molar-refractivity contribution in [1.29, 1.82) is 0 Å². The molecule has 0 saturated carbocycles. The van der Waals surface area contributed by atoms with E-state index in [2.05, 4.69) is 21.2 Å². The molecule has 0 aliphatic carbocycles. The minimum atomic E-state index is -0.0434. The van der Waals surface area contributed by atoms with Crippen molar-refractivity contribution in [2.45, 2.75) is 26.8 Å². The molecular formula is C11H15BrClNOS. The summed E-state index contributed by atoms with van der Waals surface area (Å²) in [5, 5.41) is 2.94. The van der Waals surface area contributed by atoms with Gasteiger partial charge in [-0.15, -0.1) is 22.9 Å². The molecule has 1 unspecified atom stereocenters. The van der Waals surface area contributed by atoms with Gasteiger partial charge in [0, 0.05) is 11.9 Å². The summed E-state index contributed by atoms with van der Waals surface area (Å²) in [5.74, 6) is 0.735. The number of nitrogens with one attached hydrogen (secondary N) is 1. The van der Waals surface area contributed by atoms with Crippen molar-refractivity contribution in [2.24, 2.45) is 5.92 Å². The van der Waals surface area contributed by atoms with Crippen LogP contribution in [0.25, 0.3) is 0 Å². The molecule has 1 aromatic rings. The number of halogens is 2. The number of carbonyl (C=O) groups excluding carboxylic acids is 1. The monoisotopic (exact) mass is 323 g/mol. The van der Waals surface area contributed by atoms with Crippen LogP contribution in [0.3, 0.4) is 0 Å². The lowest BCUT2D eigenvalue weighted by Gasteiger charge is -2.19. The quantitative estimate of drug-likeness (QED) is 0.838. The Labute approximate surface area is 114 Å². The first-order valence-electron chi connectivity index (χ1n) is 5.08. The minimum Gasteiger partial charge on any atom is -0.347 e. The first-order valence-corrected chi connectivity index (χ1v) is 7.22. The van der Waals surface area contributed by atoms with Crippen LogP contribution in [-0.2, 0) is 0 Å². The van der Waals surface area contributed by atoms with Gasteiger partial charge in [-0.2, -0.15) is 0 Å². The van der Waals surface area contributed by atoms with Crippen LogP contribution in [0, 0.1) is 12.8 Å². The summed E-state index contributed by atoms with van der Waals surface area (Å²) in [6, 6.07) is 1.91. The number of amides is 1. The van der Waals surface area contributed by atoms with Gasteiger partial charge in [-0.3, -0.25) is 4.79 Å². The lowest BCUT2D eigenvalue weighted by molar-refractivity contribution is 0.0935. The topological polar surface area (TPSA) is 29.1 Å². The SMILES string of the molecule is Cc1cc(C(=O)NC(CCl)C(C)C)sc1Br. The summed E-state index contributed by atoms with van der Waals surface area (Å²) < 4.78 is 1.00. The molecule has 0 bridgehead atoms. The van der Waals surface area contributed by atoms with Gasteiger partial charge in [0.2, 0.25) is 0 Å². The number of thiophene rings is 1. The molecule has 1 N–H and O–H groups in total.